The van der Waals surface area contributed by atoms with Crippen molar-refractivity contribution in [3.63, 3.8) is 0 Å². The maximum absolute atomic E-state index is 12.8. The Hall–Kier alpha value is -3.06. The van der Waals surface area contributed by atoms with E-state index in [0.29, 0.717) is 18.0 Å². The molecule has 2 aliphatic rings. The Kier molecular flexibility index (Phi) is 6.42. The van der Waals surface area contributed by atoms with E-state index in [1.54, 1.807) is 11.0 Å². The van der Waals surface area contributed by atoms with Crippen LogP contribution < -0.4 is 4.90 Å². The van der Waals surface area contributed by atoms with E-state index in [1.165, 1.54) is 5.56 Å². The average molecular weight is 436 g/mol. The lowest BCUT2D eigenvalue weighted by atomic mass is 10.1. The number of anilines is 1. The summed E-state index contributed by atoms with van der Waals surface area (Å²) in [6.45, 7) is 4.48. The highest BCUT2D eigenvalue weighted by Gasteiger charge is 2.37. The first kappa shape index (κ1) is 21.2. The molecule has 0 aliphatic carbocycles. The van der Waals surface area contributed by atoms with Crippen LogP contribution in [0.3, 0.4) is 0 Å². The highest BCUT2D eigenvalue weighted by atomic mass is 32.2. The van der Waals surface area contributed by atoms with Crippen LogP contribution in [0.1, 0.15) is 18.1 Å². The lowest BCUT2D eigenvalue weighted by Crippen LogP contribution is -2.51. The Balaban J connectivity index is 1.35. The number of rotatable bonds is 5. The van der Waals surface area contributed by atoms with Gasteiger partial charge in [-0.2, -0.15) is 0 Å². The molecule has 0 radical (unpaired) electrons. The third kappa shape index (κ3) is 4.82. The second-order valence-electron chi connectivity index (χ2n) is 7.57. The van der Waals surface area contributed by atoms with Crippen molar-refractivity contribution in [2.45, 2.75) is 13.3 Å². The van der Waals surface area contributed by atoms with Gasteiger partial charge in [-0.25, -0.2) is 0 Å². The van der Waals surface area contributed by atoms with E-state index in [1.807, 2.05) is 42.5 Å². The Morgan fingerprint density at radius 1 is 0.968 bits per heavy atom. The van der Waals surface area contributed by atoms with Crippen LogP contribution in [0.25, 0.3) is 6.08 Å². The Labute approximate surface area is 186 Å². The molecule has 31 heavy (non-hydrogen) atoms. The molecule has 0 aromatic heterocycles. The summed E-state index contributed by atoms with van der Waals surface area (Å²) >= 11 is 0.892. The number of benzene rings is 2. The smallest absolute Gasteiger partial charge is 0.294 e. The molecule has 3 amide bonds. The molecule has 0 spiro atoms. The van der Waals surface area contributed by atoms with E-state index in [4.69, 9.17) is 0 Å². The van der Waals surface area contributed by atoms with Crippen molar-refractivity contribution >= 4 is 40.6 Å². The number of para-hydroxylation sites is 1. The number of nitrogens with zero attached hydrogens (tertiary/aromatic N) is 3. The monoisotopic (exact) mass is 435 g/mol. The molecule has 2 aromatic carbocycles. The lowest BCUT2D eigenvalue weighted by molar-refractivity contribution is -0.136. The van der Waals surface area contributed by atoms with E-state index >= 15 is 0 Å². The van der Waals surface area contributed by atoms with Crippen molar-refractivity contribution in [2.24, 2.45) is 0 Å². The molecule has 2 aliphatic heterocycles. The predicted molar refractivity (Wildman–Crippen MR) is 124 cm³/mol. The summed E-state index contributed by atoms with van der Waals surface area (Å²) in [5.74, 6) is -0.589. The van der Waals surface area contributed by atoms with Crippen molar-refractivity contribution in [3.8, 4) is 0 Å². The van der Waals surface area contributed by atoms with Gasteiger partial charge in [0.05, 0.1) is 4.91 Å². The number of hydrogen-bond donors (Lipinski definition) is 0. The van der Waals surface area contributed by atoms with Crippen molar-refractivity contribution < 1.29 is 14.4 Å². The topological polar surface area (TPSA) is 60.9 Å². The SMILES string of the molecule is CCc1ccc(/C=C2/SC(=O)N(CC(=O)N3CCN(c4ccccc4)CC3)C2=O)cc1. The summed E-state index contributed by atoms with van der Waals surface area (Å²) < 4.78 is 0. The Bertz CT molecular complexity index is 996. The number of carbonyl (C=O) groups is 3. The number of thioether (sulfide) groups is 1. The molecule has 0 atom stereocenters. The summed E-state index contributed by atoms with van der Waals surface area (Å²) in [5, 5.41) is -0.391. The first-order chi connectivity index (χ1) is 15.0. The van der Waals surface area contributed by atoms with Crippen LogP contribution in [0, 0.1) is 0 Å². The van der Waals surface area contributed by atoms with Gasteiger partial charge in [0.1, 0.15) is 6.54 Å². The fourth-order valence-electron chi connectivity index (χ4n) is 3.73. The second kappa shape index (κ2) is 9.39. The normalized spacial score (nSPS) is 18.2. The van der Waals surface area contributed by atoms with Crippen LogP contribution in [-0.2, 0) is 16.0 Å². The van der Waals surface area contributed by atoms with Crippen LogP contribution in [-0.4, -0.2) is 59.6 Å². The maximum atomic E-state index is 12.8. The second-order valence-corrected chi connectivity index (χ2v) is 8.56. The summed E-state index contributed by atoms with van der Waals surface area (Å²) in [7, 11) is 0. The largest absolute Gasteiger partial charge is 0.368 e. The molecule has 160 valence electrons. The van der Waals surface area contributed by atoms with Crippen molar-refractivity contribution in [1.29, 1.82) is 0 Å². The van der Waals surface area contributed by atoms with Crippen LogP contribution in [0.15, 0.2) is 59.5 Å². The molecule has 2 saturated heterocycles. The molecule has 7 heteroatoms. The summed E-state index contributed by atoms with van der Waals surface area (Å²) in [6, 6.07) is 18.0. The van der Waals surface area contributed by atoms with Gasteiger partial charge >= 0.3 is 0 Å². The number of carbonyl (C=O) groups excluding carboxylic acids is 3. The van der Waals surface area contributed by atoms with Crippen LogP contribution in [0.4, 0.5) is 10.5 Å². The van der Waals surface area contributed by atoms with Crippen molar-refractivity contribution in [2.75, 3.05) is 37.6 Å². The molecule has 2 fully saturated rings. The lowest BCUT2D eigenvalue weighted by Gasteiger charge is -2.36. The Morgan fingerprint density at radius 3 is 2.29 bits per heavy atom. The summed E-state index contributed by atoms with van der Waals surface area (Å²) in [5.41, 5.74) is 3.21. The number of amides is 3. The first-order valence-corrected chi connectivity index (χ1v) is 11.3. The molecule has 6 nitrogen and oxygen atoms in total. The van der Waals surface area contributed by atoms with Gasteiger partial charge in [0.2, 0.25) is 5.91 Å². The minimum atomic E-state index is -0.397. The van der Waals surface area contributed by atoms with E-state index in [9.17, 15) is 14.4 Å². The van der Waals surface area contributed by atoms with E-state index in [-0.39, 0.29) is 12.5 Å². The van der Waals surface area contributed by atoms with Crippen LogP contribution in [0.2, 0.25) is 0 Å². The van der Waals surface area contributed by atoms with Gasteiger partial charge in [-0.05, 0) is 47.5 Å². The van der Waals surface area contributed by atoms with Gasteiger partial charge in [0, 0.05) is 31.9 Å². The first-order valence-electron chi connectivity index (χ1n) is 10.5. The molecule has 4 rings (SSSR count). The van der Waals surface area contributed by atoms with E-state index < -0.39 is 11.1 Å². The zero-order valence-corrected chi connectivity index (χ0v) is 18.3. The third-order valence-electron chi connectivity index (χ3n) is 5.61. The van der Waals surface area contributed by atoms with E-state index in [0.717, 1.165) is 47.4 Å². The zero-order valence-electron chi connectivity index (χ0n) is 17.5. The molecule has 0 unspecified atom stereocenters. The number of piperazine rings is 1. The predicted octanol–water partition coefficient (Wildman–Crippen LogP) is 3.63. The number of hydrogen-bond acceptors (Lipinski definition) is 5. The average Bonchev–Trinajstić information content (AvgIpc) is 3.07. The third-order valence-corrected chi connectivity index (χ3v) is 6.51. The number of aryl methyl sites for hydroxylation is 1. The fourth-order valence-corrected chi connectivity index (χ4v) is 4.56. The summed E-state index contributed by atoms with van der Waals surface area (Å²) in [6.07, 6.45) is 2.66. The molecule has 2 aromatic rings. The molecule has 2 heterocycles. The molecule has 0 N–H and O–H groups in total. The van der Waals surface area contributed by atoms with Crippen LogP contribution in [0.5, 0.6) is 0 Å². The number of imide groups is 1. The molecule has 0 bridgehead atoms. The van der Waals surface area contributed by atoms with Crippen molar-refractivity contribution in [3.05, 3.63) is 70.6 Å². The van der Waals surface area contributed by atoms with Gasteiger partial charge in [-0.15, -0.1) is 0 Å². The zero-order chi connectivity index (χ0) is 21.8. The standard InChI is InChI=1S/C24H25N3O3S/c1-2-18-8-10-19(11-9-18)16-21-23(29)27(24(30)31-21)17-22(28)26-14-12-25(13-15-26)20-6-4-3-5-7-20/h3-11,16H,2,12-15,17H2,1H3/b21-16+. The molecular weight excluding hydrogens is 410 g/mol. The van der Waals surface area contributed by atoms with Crippen LogP contribution >= 0.6 is 11.8 Å². The quantitative estimate of drug-likeness (QED) is 0.671. The van der Waals surface area contributed by atoms with Gasteiger partial charge in [-0.1, -0.05) is 49.4 Å². The molecule has 0 saturated carbocycles. The van der Waals surface area contributed by atoms with Gasteiger partial charge in [0.25, 0.3) is 11.1 Å². The maximum Gasteiger partial charge on any atom is 0.294 e. The highest BCUT2D eigenvalue weighted by molar-refractivity contribution is 8.18. The molecular formula is C24H25N3O3S. The highest BCUT2D eigenvalue weighted by Crippen LogP contribution is 2.32. The minimum absolute atomic E-state index is 0.191. The van der Waals surface area contributed by atoms with Gasteiger partial charge in [0.15, 0.2) is 0 Å². The van der Waals surface area contributed by atoms with Crippen molar-refractivity contribution in [1.82, 2.24) is 9.80 Å². The fraction of sp³-hybridized carbons (Fsp3) is 0.292. The summed E-state index contributed by atoms with van der Waals surface area (Å²) in [4.78, 5) is 43.3. The van der Waals surface area contributed by atoms with E-state index in [2.05, 4.69) is 24.0 Å². The Morgan fingerprint density at radius 2 is 1.65 bits per heavy atom. The van der Waals surface area contributed by atoms with Gasteiger partial charge < -0.3 is 9.80 Å². The van der Waals surface area contributed by atoms with Gasteiger partial charge in [-0.3, -0.25) is 19.3 Å². The minimum Gasteiger partial charge on any atom is -0.368 e.